The van der Waals surface area contributed by atoms with Gasteiger partial charge in [-0.05, 0) is 12.1 Å². The number of hydrogen-bond acceptors (Lipinski definition) is 4. The van der Waals surface area contributed by atoms with E-state index in [9.17, 15) is 8.42 Å². The summed E-state index contributed by atoms with van der Waals surface area (Å²) in [7, 11) is -3.58. The number of rotatable bonds is 3. The fraction of sp³-hybridized carbons (Fsp3) is 0.100. The van der Waals surface area contributed by atoms with Crippen LogP contribution < -0.4 is 0 Å². The summed E-state index contributed by atoms with van der Waals surface area (Å²) in [5.74, 6) is -0.296. The molecule has 0 N–H and O–H groups in total. The maximum Gasteiger partial charge on any atom is 0.210 e. The first-order valence-electron chi connectivity index (χ1n) is 4.67. The van der Waals surface area contributed by atoms with Crippen LogP contribution in [0.5, 0.6) is 0 Å². The van der Waals surface area contributed by atoms with Crippen LogP contribution >= 0.6 is 46.1 Å². The number of benzene rings is 1. The van der Waals surface area contributed by atoms with E-state index in [0.717, 1.165) is 11.3 Å². The third-order valence-corrected chi connectivity index (χ3v) is 6.05. The number of halogens is 3. The van der Waals surface area contributed by atoms with Gasteiger partial charge >= 0.3 is 0 Å². The van der Waals surface area contributed by atoms with Crippen molar-refractivity contribution in [1.82, 2.24) is 4.98 Å². The zero-order valence-electron chi connectivity index (χ0n) is 8.73. The highest BCUT2D eigenvalue weighted by Gasteiger charge is 2.22. The van der Waals surface area contributed by atoms with Crippen LogP contribution in [0.15, 0.2) is 28.7 Å². The maximum absolute atomic E-state index is 12.1. The van der Waals surface area contributed by atoms with E-state index in [1.807, 2.05) is 0 Å². The molecule has 2 rings (SSSR count). The van der Waals surface area contributed by atoms with Crippen LogP contribution in [0.3, 0.4) is 0 Å². The molecule has 0 unspecified atom stereocenters. The highest BCUT2D eigenvalue weighted by Crippen LogP contribution is 2.30. The quantitative estimate of drug-likeness (QED) is 0.844. The molecule has 1 heterocycles. The average molecular weight is 343 g/mol. The molecule has 96 valence electrons. The van der Waals surface area contributed by atoms with Crippen LogP contribution in [0.25, 0.3) is 0 Å². The molecular weight excluding hydrogens is 337 g/mol. The first-order chi connectivity index (χ1) is 8.40. The van der Waals surface area contributed by atoms with Gasteiger partial charge in [0.25, 0.3) is 0 Å². The zero-order chi connectivity index (χ0) is 13.3. The Kier molecular flexibility index (Phi) is 4.18. The smallest absolute Gasteiger partial charge is 0.210 e. The molecule has 0 amide bonds. The lowest BCUT2D eigenvalue weighted by atomic mass is 10.2. The van der Waals surface area contributed by atoms with Crippen molar-refractivity contribution in [3.05, 3.63) is 44.3 Å². The molecule has 0 spiro atoms. The van der Waals surface area contributed by atoms with E-state index in [0.29, 0.717) is 19.9 Å². The molecule has 1 aromatic heterocycles. The molecule has 0 saturated carbocycles. The van der Waals surface area contributed by atoms with Gasteiger partial charge in [-0.3, -0.25) is 0 Å². The lowest BCUT2D eigenvalue weighted by molar-refractivity contribution is 0.594. The number of aromatic nitrogens is 1. The number of thiazole rings is 1. The highest BCUT2D eigenvalue weighted by molar-refractivity contribution is 7.92. The highest BCUT2D eigenvalue weighted by atomic mass is 35.5. The molecule has 0 aliphatic carbocycles. The Balaban J connectivity index is 2.40. The monoisotopic (exact) mass is 341 g/mol. The second-order valence-corrected chi connectivity index (χ2v) is 8.03. The topological polar surface area (TPSA) is 47.0 Å². The summed E-state index contributed by atoms with van der Waals surface area (Å²) in [6.45, 7) is 0. The third-order valence-electron chi connectivity index (χ3n) is 2.12. The fourth-order valence-corrected chi connectivity index (χ4v) is 4.76. The van der Waals surface area contributed by atoms with Gasteiger partial charge in [-0.25, -0.2) is 13.4 Å². The molecule has 0 radical (unpaired) electrons. The Morgan fingerprint density at radius 2 is 1.78 bits per heavy atom. The standard InChI is InChI=1S/C10H6Cl3NO2S2/c11-7-2-1-3-8(12)6(7)5-18(15,16)10-14-4-9(13)17-10/h1-4H,5H2. The predicted molar refractivity (Wildman–Crippen MR) is 74.5 cm³/mol. The van der Waals surface area contributed by atoms with Gasteiger partial charge in [-0.15, -0.1) is 0 Å². The summed E-state index contributed by atoms with van der Waals surface area (Å²) >= 11 is 18.4. The van der Waals surface area contributed by atoms with Crippen molar-refractivity contribution >= 4 is 56.0 Å². The normalized spacial score (nSPS) is 11.7. The fourth-order valence-electron chi connectivity index (χ4n) is 1.31. The van der Waals surface area contributed by atoms with E-state index in [1.54, 1.807) is 18.2 Å². The summed E-state index contributed by atoms with van der Waals surface area (Å²) in [5, 5.41) is 0.627. The Hall–Kier alpha value is -0.330. The first kappa shape index (κ1) is 14.1. The second kappa shape index (κ2) is 5.35. The van der Waals surface area contributed by atoms with E-state index < -0.39 is 9.84 Å². The minimum Gasteiger partial charge on any atom is -0.232 e. The van der Waals surface area contributed by atoms with Gasteiger partial charge in [0.1, 0.15) is 4.34 Å². The number of hydrogen-bond donors (Lipinski definition) is 0. The summed E-state index contributed by atoms with van der Waals surface area (Å²) in [4.78, 5) is 3.76. The Morgan fingerprint density at radius 3 is 2.28 bits per heavy atom. The number of sulfone groups is 1. The Labute approximate surface area is 123 Å². The molecular formula is C10H6Cl3NO2S2. The molecule has 0 aliphatic rings. The van der Waals surface area contributed by atoms with Crippen LogP contribution in [-0.4, -0.2) is 13.4 Å². The largest absolute Gasteiger partial charge is 0.232 e. The van der Waals surface area contributed by atoms with E-state index in [2.05, 4.69) is 4.98 Å². The Bertz CT molecular complexity index is 662. The van der Waals surface area contributed by atoms with Crippen molar-refractivity contribution in [3.8, 4) is 0 Å². The van der Waals surface area contributed by atoms with Crippen LogP contribution in [0, 0.1) is 0 Å². The molecule has 0 bridgehead atoms. The van der Waals surface area contributed by atoms with Crippen molar-refractivity contribution in [1.29, 1.82) is 0 Å². The SMILES string of the molecule is O=S(=O)(Cc1c(Cl)cccc1Cl)c1ncc(Cl)s1. The molecule has 0 aliphatic heterocycles. The third kappa shape index (κ3) is 2.97. The summed E-state index contributed by atoms with van der Waals surface area (Å²) in [5.41, 5.74) is 0.368. The van der Waals surface area contributed by atoms with Crippen LogP contribution in [0.1, 0.15) is 5.56 Å². The summed E-state index contributed by atoms with van der Waals surface area (Å²) in [6.07, 6.45) is 1.30. The zero-order valence-corrected chi connectivity index (χ0v) is 12.6. The maximum atomic E-state index is 12.1. The molecule has 3 nitrogen and oxygen atoms in total. The van der Waals surface area contributed by atoms with Gasteiger partial charge in [0.05, 0.1) is 11.9 Å². The minimum atomic E-state index is -3.58. The van der Waals surface area contributed by atoms with Gasteiger partial charge in [0.2, 0.25) is 14.2 Å². The molecule has 0 atom stereocenters. The van der Waals surface area contributed by atoms with Gasteiger partial charge in [0.15, 0.2) is 0 Å². The molecule has 18 heavy (non-hydrogen) atoms. The van der Waals surface area contributed by atoms with Crippen LogP contribution in [0.4, 0.5) is 0 Å². The number of nitrogens with zero attached hydrogens (tertiary/aromatic N) is 1. The Morgan fingerprint density at radius 1 is 1.17 bits per heavy atom. The van der Waals surface area contributed by atoms with Gasteiger partial charge in [-0.1, -0.05) is 52.2 Å². The van der Waals surface area contributed by atoms with Crippen molar-refractivity contribution in [2.75, 3.05) is 0 Å². The molecule has 1 aromatic carbocycles. The second-order valence-electron chi connectivity index (χ2n) is 3.39. The van der Waals surface area contributed by atoms with Crippen molar-refractivity contribution in [2.45, 2.75) is 10.1 Å². The lowest BCUT2D eigenvalue weighted by Gasteiger charge is -2.06. The predicted octanol–water partition coefficient (Wildman–Crippen LogP) is 4.08. The molecule has 2 aromatic rings. The van der Waals surface area contributed by atoms with E-state index in [1.165, 1.54) is 6.20 Å². The summed E-state index contributed by atoms with van der Waals surface area (Å²) < 4.78 is 24.5. The van der Waals surface area contributed by atoms with E-state index >= 15 is 0 Å². The van der Waals surface area contributed by atoms with E-state index in [-0.39, 0.29) is 10.1 Å². The van der Waals surface area contributed by atoms with Gasteiger partial charge in [-0.2, -0.15) is 0 Å². The minimum absolute atomic E-state index is 0.0384. The van der Waals surface area contributed by atoms with Crippen LogP contribution in [-0.2, 0) is 15.6 Å². The average Bonchev–Trinajstić information content (AvgIpc) is 2.71. The van der Waals surface area contributed by atoms with Crippen molar-refractivity contribution in [3.63, 3.8) is 0 Å². The molecule has 0 saturated heterocycles. The molecule has 8 heteroatoms. The van der Waals surface area contributed by atoms with Crippen molar-refractivity contribution in [2.24, 2.45) is 0 Å². The van der Waals surface area contributed by atoms with Crippen LogP contribution in [0.2, 0.25) is 14.4 Å². The van der Waals surface area contributed by atoms with Gasteiger partial charge in [0, 0.05) is 15.6 Å². The van der Waals surface area contributed by atoms with Gasteiger partial charge < -0.3 is 0 Å². The lowest BCUT2D eigenvalue weighted by Crippen LogP contribution is -2.05. The summed E-state index contributed by atoms with van der Waals surface area (Å²) in [6, 6.07) is 4.83. The van der Waals surface area contributed by atoms with E-state index in [4.69, 9.17) is 34.8 Å². The molecule has 0 fully saturated rings. The van der Waals surface area contributed by atoms with Crippen molar-refractivity contribution < 1.29 is 8.42 Å². The first-order valence-corrected chi connectivity index (χ1v) is 8.27.